The monoisotopic (exact) mass is 292 g/mol. The van der Waals surface area contributed by atoms with Crippen LogP contribution in [0.2, 0.25) is 0 Å². The van der Waals surface area contributed by atoms with Gasteiger partial charge in [-0.15, -0.1) is 0 Å². The topological polar surface area (TPSA) is 72.8 Å². The summed E-state index contributed by atoms with van der Waals surface area (Å²) in [6, 6.07) is 6.39. The van der Waals surface area contributed by atoms with Crippen LogP contribution in [0.4, 0.5) is 0 Å². The Morgan fingerprint density at radius 3 is 2.29 bits per heavy atom. The molecule has 1 aromatic rings. The first-order valence-electron chi connectivity index (χ1n) is 7.26. The summed E-state index contributed by atoms with van der Waals surface area (Å²) in [5.41, 5.74) is 0.244. The molecule has 0 spiro atoms. The number of rotatable bonds is 5. The Labute approximate surface area is 123 Å². The molecule has 1 saturated carbocycles. The number of carboxylic acids is 1. The molecular weight excluding hydrogens is 272 g/mol. The Balaban J connectivity index is 1.83. The number of hydrogen-bond donors (Lipinski definition) is 1. The summed E-state index contributed by atoms with van der Waals surface area (Å²) in [6.45, 7) is 2.23. The fraction of sp³-hybridized carbons (Fsp3) is 0.500. The van der Waals surface area contributed by atoms with Gasteiger partial charge in [0.25, 0.3) is 0 Å². The highest BCUT2D eigenvalue weighted by atomic mass is 16.5. The molecule has 1 aromatic carbocycles. The molecule has 21 heavy (non-hydrogen) atoms. The van der Waals surface area contributed by atoms with Gasteiger partial charge in [0.1, 0.15) is 5.75 Å². The van der Waals surface area contributed by atoms with Crippen molar-refractivity contribution in [2.45, 2.75) is 38.7 Å². The molecule has 0 atom stereocenters. The van der Waals surface area contributed by atoms with E-state index in [9.17, 15) is 9.59 Å². The number of aromatic carboxylic acids is 1. The van der Waals surface area contributed by atoms with Crippen molar-refractivity contribution in [3.05, 3.63) is 29.8 Å². The van der Waals surface area contributed by atoms with E-state index in [1.807, 2.05) is 6.92 Å². The maximum absolute atomic E-state index is 11.6. The van der Waals surface area contributed by atoms with E-state index in [0.717, 1.165) is 25.7 Å². The standard InChI is InChI=1S/C16H20O5/c1-2-20-16(19)12-5-9-14(10-6-12)21-13-7-3-11(4-8-13)15(17)18/h3-4,7-8,12,14H,2,5-6,9-10H2,1H3,(H,17,18). The molecule has 0 unspecified atom stereocenters. The molecule has 114 valence electrons. The van der Waals surface area contributed by atoms with E-state index in [0.29, 0.717) is 12.4 Å². The normalized spacial score (nSPS) is 21.6. The number of ether oxygens (including phenoxy) is 2. The summed E-state index contributed by atoms with van der Waals surface area (Å²) in [7, 11) is 0. The summed E-state index contributed by atoms with van der Waals surface area (Å²) >= 11 is 0. The minimum Gasteiger partial charge on any atom is -0.490 e. The predicted molar refractivity (Wildman–Crippen MR) is 76.4 cm³/mol. The second-order valence-corrected chi connectivity index (χ2v) is 5.17. The third-order valence-corrected chi connectivity index (χ3v) is 3.70. The molecule has 0 radical (unpaired) electrons. The fourth-order valence-electron chi connectivity index (χ4n) is 2.55. The molecule has 0 aromatic heterocycles. The van der Waals surface area contributed by atoms with Crippen molar-refractivity contribution in [2.24, 2.45) is 5.92 Å². The van der Waals surface area contributed by atoms with Gasteiger partial charge in [-0.1, -0.05) is 0 Å². The van der Waals surface area contributed by atoms with Gasteiger partial charge in [0.2, 0.25) is 0 Å². The van der Waals surface area contributed by atoms with E-state index in [1.165, 1.54) is 12.1 Å². The highest BCUT2D eigenvalue weighted by molar-refractivity contribution is 5.87. The van der Waals surface area contributed by atoms with Crippen molar-refractivity contribution < 1.29 is 24.2 Å². The lowest BCUT2D eigenvalue weighted by atomic mass is 9.87. The number of esters is 1. The number of carboxylic acid groups (broad SMARTS) is 1. The van der Waals surface area contributed by atoms with Crippen molar-refractivity contribution >= 4 is 11.9 Å². The van der Waals surface area contributed by atoms with Gasteiger partial charge in [-0.2, -0.15) is 0 Å². The van der Waals surface area contributed by atoms with Crippen LogP contribution in [-0.4, -0.2) is 29.8 Å². The van der Waals surface area contributed by atoms with Gasteiger partial charge in [-0.25, -0.2) is 4.79 Å². The molecule has 0 saturated heterocycles. The number of carbonyl (C=O) groups is 2. The molecule has 2 rings (SSSR count). The molecule has 1 N–H and O–H groups in total. The van der Waals surface area contributed by atoms with Crippen LogP contribution in [0.1, 0.15) is 43.0 Å². The maximum Gasteiger partial charge on any atom is 0.335 e. The van der Waals surface area contributed by atoms with Crippen LogP contribution in [-0.2, 0) is 9.53 Å². The van der Waals surface area contributed by atoms with Gasteiger partial charge in [-0.3, -0.25) is 4.79 Å². The minimum absolute atomic E-state index is 0.0146. The van der Waals surface area contributed by atoms with Crippen LogP contribution in [0.3, 0.4) is 0 Å². The Hall–Kier alpha value is -2.04. The molecule has 5 nitrogen and oxygen atoms in total. The molecule has 0 heterocycles. The molecule has 0 bridgehead atoms. The zero-order chi connectivity index (χ0) is 15.2. The highest BCUT2D eigenvalue weighted by Crippen LogP contribution is 2.28. The molecule has 0 amide bonds. The predicted octanol–water partition coefficient (Wildman–Crippen LogP) is 2.89. The summed E-state index contributed by atoms with van der Waals surface area (Å²) in [5, 5.41) is 8.84. The van der Waals surface area contributed by atoms with Crippen molar-refractivity contribution in [2.75, 3.05) is 6.61 Å². The number of benzene rings is 1. The van der Waals surface area contributed by atoms with Crippen molar-refractivity contribution in [3.8, 4) is 5.75 Å². The number of hydrogen-bond acceptors (Lipinski definition) is 4. The highest BCUT2D eigenvalue weighted by Gasteiger charge is 2.28. The average molecular weight is 292 g/mol. The lowest BCUT2D eigenvalue weighted by molar-refractivity contribution is -0.149. The van der Waals surface area contributed by atoms with Gasteiger partial charge in [-0.05, 0) is 56.9 Å². The van der Waals surface area contributed by atoms with Crippen LogP contribution >= 0.6 is 0 Å². The van der Waals surface area contributed by atoms with Gasteiger partial charge >= 0.3 is 11.9 Å². The van der Waals surface area contributed by atoms with Gasteiger partial charge < -0.3 is 14.6 Å². The first-order chi connectivity index (χ1) is 10.1. The molecule has 1 fully saturated rings. The second kappa shape index (κ2) is 7.11. The van der Waals surface area contributed by atoms with E-state index < -0.39 is 5.97 Å². The van der Waals surface area contributed by atoms with E-state index >= 15 is 0 Å². The smallest absolute Gasteiger partial charge is 0.335 e. The molecule has 0 aliphatic heterocycles. The molecule has 1 aliphatic carbocycles. The van der Waals surface area contributed by atoms with Crippen molar-refractivity contribution in [1.29, 1.82) is 0 Å². The lowest BCUT2D eigenvalue weighted by Gasteiger charge is -2.27. The van der Waals surface area contributed by atoms with Crippen LogP contribution < -0.4 is 4.74 Å². The third-order valence-electron chi connectivity index (χ3n) is 3.70. The zero-order valence-electron chi connectivity index (χ0n) is 12.1. The van der Waals surface area contributed by atoms with Crippen LogP contribution in [0.15, 0.2) is 24.3 Å². The van der Waals surface area contributed by atoms with E-state index in [2.05, 4.69) is 0 Å². The Morgan fingerprint density at radius 2 is 1.76 bits per heavy atom. The molecule has 1 aliphatic rings. The summed E-state index contributed by atoms with van der Waals surface area (Å²) in [6.07, 6.45) is 3.24. The average Bonchev–Trinajstić information content (AvgIpc) is 2.49. The minimum atomic E-state index is -0.948. The largest absolute Gasteiger partial charge is 0.490 e. The first-order valence-corrected chi connectivity index (χ1v) is 7.26. The fourth-order valence-corrected chi connectivity index (χ4v) is 2.55. The molecular formula is C16H20O5. The van der Waals surface area contributed by atoms with Crippen LogP contribution in [0.5, 0.6) is 5.75 Å². The van der Waals surface area contributed by atoms with Crippen molar-refractivity contribution in [3.63, 3.8) is 0 Å². The molecule has 5 heteroatoms. The SMILES string of the molecule is CCOC(=O)C1CCC(Oc2ccc(C(=O)O)cc2)CC1. The summed E-state index contributed by atoms with van der Waals surface area (Å²) < 4.78 is 10.9. The van der Waals surface area contributed by atoms with Crippen LogP contribution in [0.25, 0.3) is 0 Å². The van der Waals surface area contributed by atoms with Gasteiger partial charge in [0, 0.05) is 0 Å². The third kappa shape index (κ3) is 4.21. The van der Waals surface area contributed by atoms with E-state index in [1.54, 1.807) is 12.1 Å². The van der Waals surface area contributed by atoms with Crippen LogP contribution in [0, 0.1) is 5.92 Å². The van der Waals surface area contributed by atoms with Gasteiger partial charge in [0.05, 0.1) is 24.2 Å². The summed E-state index contributed by atoms with van der Waals surface area (Å²) in [4.78, 5) is 22.4. The second-order valence-electron chi connectivity index (χ2n) is 5.17. The van der Waals surface area contributed by atoms with E-state index in [-0.39, 0.29) is 23.6 Å². The summed E-state index contributed by atoms with van der Waals surface area (Å²) in [5.74, 6) is -0.406. The van der Waals surface area contributed by atoms with Gasteiger partial charge in [0.15, 0.2) is 0 Å². The number of carbonyl (C=O) groups excluding carboxylic acids is 1. The first kappa shape index (κ1) is 15.4. The quantitative estimate of drug-likeness (QED) is 0.845. The zero-order valence-corrected chi connectivity index (χ0v) is 12.1. The Kier molecular flexibility index (Phi) is 5.20. The van der Waals surface area contributed by atoms with Crippen molar-refractivity contribution in [1.82, 2.24) is 0 Å². The maximum atomic E-state index is 11.6. The lowest BCUT2D eigenvalue weighted by Crippen LogP contribution is -2.29. The Bertz CT molecular complexity index is 486. The van der Waals surface area contributed by atoms with E-state index in [4.69, 9.17) is 14.6 Å². The Morgan fingerprint density at radius 1 is 1.14 bits per heavy atom.